The summed E-state index contributed by atoms with van der Waals surface area (Å²) in [4.78, 5) is 12.7. The van der Waals surface area contributed by atoms with Crippen LogP contribution in [0.3, 0.4) is 0 Å². The lowest BCUT2D eigenvalue weighted by atomic mass is 10.2. The van der Waals surface area contributed by atoms with Crippen molar-refractivity contribution in [1.82, 2.24) is 4.98 Å². The minimum atomic E-state index is -2.96. The normalized spacial score (nSPS) is 10.6. The average molecular weight is 315 g/mol. The molecule has 0 aromatic carbocycles. The largest absolute Gasteiger partial charge is 0.395 e. The van der Waals surface area contributed by atoms with Gasteiger partial charge in [0.15, 0.2) is 6.20 Å². The van der Waals surface area contributed by atoms with Gasteiger partial charge in [0.2, 0.25) is 0 Å². The third-order valence-electron chi connectivity index (χ3n) is 1.45. The smallest absolute Gasteiger partial charge is 0.373 e. The maximum absolute atomic E-state index is 12.4. The fraction of sp³-hybridized carbons (Fsp3) is 0.167. The van der Waals surface area contributed by atoms with E-state index in [0.717, 1.165) is 6.20 Å². The van der Waals surface area contributed by atoms with Crippen LogP contribution in [0.4, 0.5) is 20.3 Å². The molecule has 0 saturated carbocycles. The number of pyridine rings is 1. The van der Waals surface area contributed by atoms with Crippen molar-refractivity contribution in [3.8, 4) is 0 Å². The molecule has 0 aliphatic rings. The van der Waals surface area contributed by atoms with Gasteiger partial charge in [-0.25, -0.2) is 8.78 Å². The number of nitrogens with zero attached hydrogens (tertiary/aromatic N) is 2. The number of rotatable bonds is 2. The minimum absolute atomic E-state index is 0.00602. The van der Waals surface area contributed by atoms with Gasteiger partial charge in [-0.15, -0.1) is 0 Å². The Morgan fingerprint density at radius 1 is 1.64 bits per heavy atom. The van der Waals surface area contributed by atoms with E-state index in [2.05, 4.69) is 4.98 Å². The monoisotopic (exact) mass is 315 g/mol. The predicted octanol–water partition coefficient (Wildman–Crippen LogP) is 2.11. The van der Waals surface area contributed by atoms with E-state index < -0.39 is 22.7 Å². The van der Waals surface area contributed by atoms with Crippen molar-refractivity contribution < 1.29 is 13.7 Å². The molecule has 1 heterocycles. The highest BCUT2D eigenvalue weighted by Gasteiger charge is 2.27. The molecule has 2 N–H and O–H groups in total. The molecule has 0 saturated heterocycles. The molecule has 1 rings (SSSR count). The highest BCUT2D eigenvalue weighted by molar-refractivity contribution is 14.1. The van der Waals surface area contributed by atoms with Gasteiger partial charge >= 0.3 is 5.82 Å². The number of halogens is 3. The molecule has 76 valence electrons. The van der Waals surface area contributed by atoms with Crippen LogP contribution in [0, 0.1) is 13.7 Å². The van der Waals surface area contributed by atoms with Crippen LogP contribution in [0.5, 0.6) is 0 Å². The fourth-order valence-corrected chi connectivity index (χ4v) is 1.47. The molecule has 1 aromatic rings. The van der Waals surface area contributed by atoms with Gasteiger partial charge in [-0.1, -0.05) is 0 Å². The van der Waals surface area contributed by atoms with Crippen LogP contribution in [-0.2, 0) is 0 Å². The van der Waals surface area contributed by atoms with Crippen molar-refractivity contribution in [2.24, 2.45) is 0 Å². The number of aromatic nitrogens is 1. The maximum Gasteiger partial charge on any atom is 0.373 e. The second-order valence-electron chi connectivity index (χ2n) is 2.32. The Labute approximate surface area is 90.6 Å². The summed E-state index contributed by atoms with van der Waals surface area (Å²) < 4.78 is 24.8. The van der Waals surface area contributed by atoms with Gasteiger partial charge in [-0.3, -0.25) is 0 Å². The molecule has 1 aromatic heterocycles. The molecule has 0 aliphatic carbocycles. The quantitative estimate of drug-likeness (QED) is 0.515. The Balaban J connectivity index is 3.45. The van der Waals surface area contributed by atoms with E-state index in [-0.39, 0.29) is 9.26 Å². The summed E-state index contributed by atoms with van der Waals surface area (Å²) in [6.45, 7) is 0. The van der Waals surface area contributed by atoms with Crippen molar-refractivity contribution in [2.45, 2.75) is 6.43 Å². The lowest BCUT2D eigenvalue weighted by Crippen LogP contribution is -2.04. The van der Waals surface area contributed by atoms with Gasteiger partial charge in [-0.05, 0) is 32.5 Å². The Bertz CT molecular complexity index is 386. The van der Waals surface area contributed by atoms with Crippen LogP contribution in [0.15, 0.2) is 6.20 Å². The summed E-state index contributed by atoms with van der Waals surface area (Å²) in [6.07, 6.45) is -1.97. The third-order valence-corrected chi connectivity index (χ3v) is 2.65. The summed E-state index contributed by atoms with van der Waals surface area (Å²) in [5.41, 5.74) is 4.58. The first-order valence-electron chi connectivity index (χ1n) is 3.31. The van der Waals surface area contributed by atoms with E-state index >= 15 is 0 Å². The predicted molar refractivity (Wildman–Crippen MR) is 53.0 cm³/mol. The van der Waals surface area contributed by atoms with E-state index in [1.807, 2.05) is 0 Å². The van der Waals surface area contributed by atoms with Crippen LogP contribution >= 0.6 is 22.6 Å². The SMILES string of the molecule is Nc1cnc([N+](=O)[O-])c(C(F)F)c1I. The van der Waals surface area contributed by atoms with E-state index in [1.165, 1.54) is 22.6 Å². The fourth-order valence-electron chi connectivity index (χ4n) is 0.849. The Kier molecular flexibility index (Phi) is 3.13. The first-order chi connectivity index (χ1) is 6.45. The van der Waals surface area contributed by atoms with Gasteiger partial charge in [0.1, 0.15) is 5.56 Å². The highest BCUT2D eigenvalue weighted by Crippen LogP contribution is 2.33. The number of hydrogen-bond donors (Lipinski definition) is 1. The van der Waals surface area contributed by atoms with Gasteiger partial charge in [0, 0.05) is 0 Å². The summed E-state index contributed by atoms with van der Waals surface area (Å²) in [6, 6.07) is 0. The first-order valence-corrected chi connectivity index (χ1v) is 4.39. The minimum Gasteiger partial charge on any atom is -0.395 e. The summed E-state index contributed by atoms with van der Waals surface area (Å²) >= 11 is 1.53. The van der Waals surface area contributed by atoms with Crippen LogP contribution in [0.25, 0.3) is 0 Å². The number of alkyl halides is 2. The van der Waals surface area contributed by atoms with Crippen molar-refractivity contribution in [3.63, 3.8) is 0 Å². The molecule has 14 heavy (non-hydrogen) atoms. The van der Waals surface area contributed by atoms with E-state index in [1.54, 1.807) is 0 Å². The zero-order valence-corrected chi connectivity index (χ0v) is 8.73. The molecule has 0 aliphatic heterocycles. The van der Waals surface area contributed by atoms with Gasteiger partial charge < -0.3 is 15.8 Å². The first kappa shape index (κ1) is 11.0. The second-order valence-corrected chi connectivity index (χ2v) is 3.40. The van der Waals surface area contributed by atoms with Crippen molar-refractivity contribution in [1.29, 1.82) is 0 Å². The zero-order chi connectivity index (χ0) is 10.9. The van der Waals surface area contributed by atoms with Crippen LogP contribution < -0.4 is 5.73 Å². The molecular formula is C6H4F2IN3O2. The average Bonchev–Trinajstić information content (AvgIpc) is 2.08. The number of nitrogen functional groups attached to an aromatic ring is 1. The molecular weight excluding hydrogens is 311 g/mol. The lowest BCUT2D eigenvalue weighted by molar-refractivity contribution is -0.391. The topological polar surface area (TPSA) is 82.0 Å². The van der Waals surface area contributed by atoms with E-state index in [9.17, 15) is 18.9 Å². The maximum atomic E-state index is 12.4. The molecule has 0 atom stereocenters. The van der Waals surface area contributed by atoms with Crippen molar-refractivity contribution in [3.05, 3.63) is 25.4 Å². The van der Waals surface area contributed by atoms with Crippen LogP contribution in [0.2, 0.25) is 0 Å². The Morgan fingerprint density at radius 2 is 2.21 bits per heavy atom. The molecule has 0 unspecified atom stereocenters. The molecule has 0 spiro atoms. The van der Waals surface area contributed by atoms with E-state index in [0.29, 0.717) is 0 Å². The molecule has 0 radical (unpaired) electrons. The molecule has 0 bridgehead atoms. The Hall–Kier alpha value is -1.06. The van der Waals surface area contributed by atoms with Crippen LogP contribution in [-0.4, -0.2) is 9.91 Å². The summed E-state index contributed by atoms with van der Waals surface area (Å²) in [7, 11) is 0. The molecule has 0 amide bonds. The molecule has 8 heteroatoms. The number of nitrogens with two attached hydrogens (primary N) is 1. The van der Waals surface area contributed by atoms with Crippen molar-refractivity contribution in [2.75, 3.05) is 5.73 Å². The summed E-state index contributed by atoms with van der Waals surface area (Å²) in [5, 5.41) is 10.4. The third kappa shape index (κ3) is 1.89. The lowest BCUT2D eigenvalue weighted by Gasteiger charge is -2.04. The number of anilines is 1. The van der Waals surface area contributed by atoms with Gasteiger partial charge in [0.05, 0.1) is 9.26 Å². The van der Waals surface area contributed by atoms with Gasteiger partial charge in [-0.2, -0.15) is 0 Å². The van der Waals surface area contributed by atoms with Crippen molar-refractivity contribution >= 4 is 34.1 Å². The zero-order valence-electron chi connectivity index (χ0n) is 6.58. The highest BCUT2D eigenvalue weighted by atomic mass is 127. The van der Waals surface area contributed by atoms with E-state index in [4.69, 9.17) is 5.73 Å². The molecule has 5 nitrogen and oxygen atoms in total. The standard InChI is InChI=1S/C6H4F2IN3O2/c7-5(8)3-4(9)2(10)1-11-6(3)12(13)14/h1,5H,10H2. The number of hydrogen-bond acceptors (Lipinski definition) is 4. The Morgan fingerprint density at radius 3 is 2.64 bits per heavy atom. The van der Waals surface area contributed by atoms with Gasteiger partial charge in [0.25, 0.3) is 6.43 Å². The van der Waals surface area contributed by atoms with Crippen LogP contribution in [0.1, 0.15) is 12.0 Å². The molecule has 0 fully saturated rings. The number of nitro groups is 1. The summed E-state index contributed by atoms with van der Waals surface area (Å²) in [5.74, 6) is -0.849. The second kappa shape index (κ2) is 3.98.